The molecule has 1 aliphatic rings. The average molecular weight is 396 g/mol. The smallest absolute Gasteiger partial charge is 0.318 e. The summed E-state index contributed by atoms with van der Waals surface area (Å²) in [5.41, 5.74) is 1.02. The molecular weight excluding hydrogens is 368 g/mol. The fourth-order valence-electron chi connectivity index (χ4n) is 3.53. The number of nitrogens with one attached hydrogen (secondary N) is 1. The lowest BCUT2D eigenvalue weighted by Gasteiger charge is -2.44. The van der Waals surface area contributed by atoms with Gasteiger partial charge in [0.15, 0.2) is 0 Å². The zero-order chi connectivity index (χ0) is 20.6. The van der Waals surface area contributed by atoms with Crippen LogP contribution in [0.4, 0.5) is 4.79 Å². The number of carbonyl (C=O) groups is 2. The number of hydrogen-bond acceptors (Lipinski definition) is 4. The van der Waals surface area contributed by atoms with Gasteiger partial charge >= 0.3 is 6.03 Å². The molecule has 154 valence electrons. The Hall–Kier alpha value is -3.09. The summed E-state index contributed by atoms with van der Waals surface area (Å²) >= 11 is 0. The molecule has 29 heavy (non-hydrogen) atoms. The number of rotatable bonds is 7. The molecule has 0 radical (unpaired) electrons. The highest BCUT2D eigenvalue weighted by atomic mass is 16.5. The molecule has 1 aromatic heterocycles. The van der Waals surface area contributed by atoms with Gasteiger partial charge < -0.3 is 19.9 Å². The normalized spacial score (nSPS) is 19.2. The summed E-state index contributed by atoms with van der Waals surface area (Å²) in [5.74, 6) is 0.582. The number of pyridine rings is 1. The molecule has 0 aliphatic carbocycles. The fourth-order valence-corrected chi connectivity index (χ4v) is 3.53. The predicted molar refractivity (Wildman–Crippen MR) is 111 cm³/mol. The highest BCUT2D eigenvalue weighted by molar-refractivity contribution is 5.88. The fraction of sp³-hybridized carbons (Fsp3) is 0.409. The largest absolute Gasteiger partial charge is 0.490 e. The summed E-state index contributed by atoms with van der Waals surface area (Å²) in [4.78, 5) is 33.4. The lowest BCUT2D eigenvalue weighted by atomic mass is 9.98. The van der Waals surface area contributed by atoms with Gasteiger partial charge in [-0.2, -0.15) is 0 Å². The van der Waals surface area contributed by atoms with Crippen LogP contribution in [0.15, 0.2) is 54.9 Å². The molecule has 3 rings (SSSR count). The molecule has 1 aliphatic heterocycles. The van der Waals surface area contributed by atoms with Gasteiger partial charge in [0.25, 0.3) is 0 Å². The van der Waals surface area contributed by atoms with Gasteiger partial charge in [0, 0.05) is 32.8 Å². The Labute approximate surface area is 171 Å². The van der Waals surface area contributed by atoms with Crippen molar-refractivity contribution in [2.45, 2.75) is 31.8 Å². The van der Waals surface area contributed by atoms with Gasteiger partial charge in [-0.15, -0.1) is 0 Å². The van der Waals surface area contributed by atoms with Crippen LogP contribution in [0.5, 0.6) is 5.75 Å². The molecule has 1 N–H and O–H groups in total. The first-order valence-corrected chi connectivity index (χ1v) is 9.98. The molecule has 1 aromatic carbocycles. The van der Waals surface area contributed by atoms with Crippen LogP contribution in [0.1, 0.15) is 18.9 Å². The van der Waals surface area contributed by atoms with Crippen molar-refractivity contribution in [2.75, 3.05) is 26.7 Å². The SMILES string of the molecule is CCCNC(=O)N1[C@H](COc2cccnc2)CN(C)C(=O)[C@@H]1Cc1ccccc1. The van der Waals surface area contributed by atoms with E-state index in [1.54, 1.807) is 35.3 Å². The summed E-state index contributed by atoms with van der Waals surface area (Å²) in [5, 5.41) is 2.93. The van der Waals surface area contributed by atoms with E-state index in [9.17, 15) is 9.59 Å². The molecule has 0 saturated carbocycles. The highest BCUT2D eigenvalue weighted by Gasteiger charge is 2.42. The Morgan fingerprint density at radius 2 is 2.03 bits per heavy atom. The van der Waals surface area contributed by atoms with E-state index in [2.05, 4.69) is 10.3 Å². The standard InChI is InChI=1S/C22H28N4O3/c1-3-11-24-22(28)26-18(16-29-19-10-7-12-23-14-19)15-25(2)21(27)20(26)13-17-8-5-4-6-9-17/h4-10,12,14,18,20H,3,11,13,15-16H2,1-2H3,(H,24,28)/t18-,20-/m0/s1. The van der Waals surface area contributed by atoms with Gasteiger partial charge in [-0.1, -0.05) is 37.3 Å². The first-order valence-electron chi connectivity index (χ1n) is 9.98. The minimum Gasteiger partial charge on any atom is -0.490 e. The molecular formula is C22H28N4O3. The maximum absolute atomic E-state index is 13.0. The number of urea groups is 1. The van der Waals surface area contributed by atoms with Crippen LogP contribution in [0.3, 0.4) is 0 Å². The minimum absolute atomic E-state index is 0.0573. The van der Waals surface area contributed by atoms with Crippen molar-refractivity contribution >= 4 is 11.9 Å². The summed E-state index contributed by atoms with van der Waals surface area (Å²) < 4.78 is 5.89. The van der Waals surface area contributed by atoms with E-state index in [0.717, 1.165) is 12.0 Å². The molecule has 2 atom stereocenters. The van der Waals surface area contributed by atoms with E-state index in [1.165, 1.54) is 0 Å². The second-order valence-corrected chi connectivity index (χ2v) is 7.22. The van der Waals surface area contributed by atoms with Gasteiger partial charge in [-0.25, -0.2) is 4.79 Å². The molecule has 7 heteroatoms. The molecule has 0 spiro atoms. The number of carbonyl (C=O) groups excluding carboxylic acids is 2. The van der Waals surface area contributed by atoms with Crippen LogP contribution in [-0.2, 0) is 11.2 Å². The number of benzene rings is 1. The number of nitrogens with zero attached hydrogens (tertiary/aromatic N) is 3. The average Bonchev–Trinajstić information content (AvgIpc) is 2.75. The van der Waals surface area contributed by atoms with Crippen molar-refractivity contribution in [3.63, 3.8) is 0 Å². The van der Waals surface area contributed by atoms with Crippen LogP contribution in [-0.4, -0.2) is 65.5 Å². The van der Waals surface area contributed by atoms with Crippen molar-refractivity contribution in [3.8, 4) is 5.75 Å². The molecule has 1 saturated heterocycles. The Morgan fingerprint density at radius 1 is 1.24 bits per heavy atom. The molecule has 0 unspecified atom stereocenters. The van der Waals surface area contributed by atoms with Gasteiger partial charge in [0.2, 0.25) is 5.91 Å². The maximum Gasteiger partial charge on any atom is 0.318 e. The van der Waals surface area contributed by atoms with Crippen molar-refractivity contribution < 1.29 is 14.3 Å². The topological polar surface area (TPSA) is 74.8 Å². The van der Waals surface area contributed by atoms with E-state index < -0.39 is 6.04 Å². The predicted octanol–water partition coefficient (Wildman–Crippen LogP) is 2.33. The second-order valence-electron chi connectivity index (χ2n) is 7.22. The molecule has 7 nitrogen and oxygen atoms in total. The number of piperazine rings is 1. The summed E-state index contributed by atoms with van der Waals surface area (Å²) in [6.07, 6.45) is 4.61. The van der Waals surface area contributed by atoms with E-state index in [0.29, 0.717) is 25.3 Å². The Bertz CT molecular complexity index is 800. The Kier molecular flexibility index (Phi) is 7.05. The van der Waals surface area contributed by atoms with E-state index >= 15 is 0 Å². The second kappa shape index (κ2) is 9.91. The van der Waals surface area contributed by atoms with Gasteiger partial charge in [-0.05, 0) is 24.1 Å². The van der Waals surface area contributed by atoms with Crippen molar-refractivity contribution in [3.05, 3.63) is 60.4 Å². The first kappa shape index (κ1) is 20.6. The number of likely N-dealkylation sites (N-methyl/N-ethyl adjacent to an activating group) is 1. The zero-order valence-corrected chi connectivity index (χ0v) is 17.0. The van der Waals surface area contributed by atoms with Crippen LogP contribution >= 0.6 is 0 Å². The number of hydrogen-bond donors (Lipinski definition) is 1. The van der Waals surface area contributed by atoms with Crippen LogP contribution in [0.25, 0.3) is 0 Å². The number of ether oxygens (including phenoxy) is 1. The third-order valence-electron chi connectivity index (χ3n) is 4.98. The quantitative estimate of drug-likeness (QED) is 0.780. The zero-order valence-electron chi connectivity index (χ0n) is 17.0. The lowest BCUT2D eigenvalue weighted by Crippen LogP contribution is -2.66. The molecule has 0 bridgehead atoms. The van der Waals surface area contributed by atoms with Gasteiger partial charge in [0.1, 0.15) is 18.4 Å². The van der Waals surface area contributed by atoms with E-state index in [4.69, 9.17) is 4.74 Å². The molecule has 2 heterocycles. The summed E-state index contributed by atoms with van der Waals surface area (Å²) in [6.45, 7) is 3.27. The molecule has 1 fully saturated rings. The lowest BCUT2D eigenvalue weighted by molar-refractivity contribution is -0.141. The number of amides is 3. The van der Waals surface area contributed by atoms with Crippen molar-refractivity contribution in [2.24, 2.45) is 0 Å². The third-order valence-corrected chi connectivity index (χ3v) is 4.98. The van der Waals surface area contributed by atoms with Gasteiger partial charge in [-0.3, -0.25) is 9.78 Å². The monoisotopic (exact) mass is 396 g/mol. The van der Waals surface area contributed by atoms with Crippen molar-refractivity contribution in [1.29, 1.82) is 0 Å². The first-order chi connectivity index (χ1) is 14.1. The van der Waals surface area contributed by atoms with Crippen LogP contribution in [0.2, 0.25) is 0 Å². The summed E-state index contributed by atoms with van der Waals surface area (Å²) in [6, 6.07) is 12.3. The van der Waals surface area contributed by atoms with Crippen LogP contribution in [0, 0.1) is 0 Å². The Balaban J connectivity index is 1.83. The maximum atomic E-state index is 13.0. The van der Waals surface area contributed by atoms with Crippen LogP contribution < -0.4 is 10.1 Å². The highest BCUT2D eigenvalue weighted by Crippen LogP contribution is 2.21. The molecule has 3 amide bonds. The summed E-state index contributed by atoms with van der Waals surface area (Å²) in [7, 11) is 1.78. The van der Waals surface area contributed by atoms with E-state index in [-0.39, 0.29) is 24.6 Å². The third kappa shape index (κ3) is 5.25. The number of aromatic nitrogens is 1. The molecule has 2 aromatic rings. The minimum atomic E-state index is -0.574. The van der Waals surface area contributed by atoms with Crippen molar-refractivity contribution in [1.82, 2.24) is 20.1 Å². The van der Waals surface area contributed by atoms with Gasteiger partial charge in [0.05, 0.1) is 12.2 Å². The Morgan fingerprint density at radius 3 is 2.72 bits per heavy atom. The van der Waals surface area contributed by atoms with E-state index in [1.807, 2.05) is 43.3 Å².